The van der Waals surface area contributed by atoms with Gasteiger partial charge in [-0.2, -0.15) is 4.31 Å². The lowest BCUT2D eigenvalue weighted by atomic mass is 9.98. The number of likely N-dealkylation sites (tertiary alicyclic amines) is 1. The molecule has 8 heteroatoms. The zero-order valence-corrected chi connectivity index (χ0v) is 18.2. The van der Waals surface area contributed by atoms with Crippen molar-refractivity contribution in [2.24, 2.45) is 5.92 Å². The first-order chi connectivity index (χ1) is 15.0. The number of hydrogen-bond donors (Lipinski definition) is 1. The van der Waals surface area contributed by atoms with Crippen molar-refractivity contribution in [3.8, 4) is 0 Å². The lowest BCUT2D eigenvalue weighted by molar-refractivity contribution is -0.120. The predicted molar refractivity (Wildman–Crippen MR) is 118 cm³/mol. The van der Waals surface area contributed by atoms with E-state index in [9.17, 15) is 18.0 Å². The van der Waals surface area contributed by atoms with Crippen molar-refractivity contribution >= 4 is 27.5 Å². The van der Waals surface area contributed by atoms with E-state index in [1.807, 2.05) is 0 Å². The summed E-state index contributed by atoms with van der Waals surface area (Å²) in [4.78, 5) is 27.9. The van der Waals surface area contributed by atoms with Gasteiger partial charge >= 0.3 is 0 Å². The highest BCUT2D eigenvalue weighted by atomic mass is 32.2. The molecular formula is C23H27N3O4S. The highest BCUT2D eigenvalue weighted by Crippen LogP contribution is 2.26. The van der Waals surface area contributed by atoms with Gasteiger partial charge < -0.3 is 10.2 Å². The van der Waals surface area contributed by atoms with Gasteiger partial charge in [-0.15, -0.1) is 0 Å². The normalized spacial score (nSPS) is 19.9. The van der Waals surface area contributed by atoms with Crippen molar-refractivity contribution in [2.75, 3.05) is 31.5 Å². The second-order valence-electron chi connectivity index (χ2n) is 8.05. The second kappa shape index (κ2) is 9.20. The molecule has 31 heavy (non-hydrogen) atoms. The van der Waals surface area contributed by atoms with Gasteiger partial charge in [0.15, 0.2) is 0 Å². The molecular weight excluding hydrogens is 414 g/mol. The van der Waals surface area contributed by atoms with E-state index < -0.39 is 15.9 Å². The third kappa shape index (κ3) is 4.65. The molecule has 2 aliphatic rings. The SMILES string of the molecule is O=C(Nc1ccccc1C(=O)N1CCCC1)[C@@H]1CCCN(S(=O)(=O)c2ccccc2)C1. The number of carbonyl (C=O) groups excluding carboxylic acids is 2. The largest absolute Gasteiger partial charge is 0.339 e. The van der Waals surface area contributed by atoms with Crippen LogP contribution in [0.15, 0.2) is 59.5 Å². The standard InChI is InChI=1S/C23H27N3O4S/c27-22(24-21-13-5-4-12-20(21)23(28)25-14-6-7-15-25)18-9-8-16-26(17-18)31(29,30)19-10-2-1-3-11-19/h1-5,10-13,18H,6-9,14-17H2,(H,24,27)/t18-/m1/s1. The average Bonchev–Trinajstić information content (AvgIpc) is 3.35. The van der Waals surface area contributed by atoms with Crippen LogP contribution in [0.25, 0.3) is 0 Å². The summed E-state index contributed by atoms with van der Waals surface area (Å²) in [5.41, 5.74) is 0.953. The molecule has 164 valence electrons. The van der Waals surface area contributed by atoms with Crippen LogP contribution in [0, 0.1) is 5.92 Å². The number of anilines is 1. The first kappa shape index (κ1) is 21.5. The number of nitrogens with zero attached hydrogens (tertiary/aromatic N) is 2. The molecule has 1 N–H and O–H groups in total. The molecule has 4 rings (SSSR count). The van der Waals surface area contributed by atoms with Crippen molar-refractivity contribution in [3.63, 3.8) is 0 Å². The number of nitrogens with one attached hydrogen (secondary N) is 1. The lowest BCUT2D eigenvalue weighted by Crippen LogP contribution is -2.43. The minimum absolute atomic E-state index is 0.0784. The first-order valence-corrected chi connectivity index (χ1v) is 12.2. The summed E-state index contributed by atoms with van der Waals surface area (Å²) in [5, 5.41) is 2.89. The van der Waals surface area contributed by atoms with E-state index in [4.69, 9.17) is 0 Å². The van der Waals surface area contributed by atoms with Crippen LogP contribution in [0.5, 0.6) is 0 Å². The molecule has 0 aliphatic carbocycles. The topological polar surface area (TPSA) is 86.8 Å². The summed E-state index contributed by atoms with van der Waals surface area (Å²) >= 11 is 0. The maximum Gasteiger partial charge on any atom is 0.255 e. The molecule has 0 saturated carbocycles. The van der Waals surface area contributed by atoms with Gasteiger partial charge in [0.25, 0.3) is 5.91 Å². The fourth-order valence-corrected chi connectivity index (χ4v) is 5.77. The highest BCUT2D eigenvalue weighted by molar-refractivity contribution is 7.89. The average molecular weight is 442 g/mol. The third-order valence-corrected chi connectivity index (χ3v) is 7.82. The Morgan fingerprint density at radius 2 is 1.55 bits per heavy atom. The molecule has 0 bridgehead atoms. The maximum atomic E-state index is 13.0. The number of hydrogen-bond acceptors (Lipinski definition) is 4. The summed E-state index contributed by atoms with van der Waals surface area (Å²) in [7, 11) is -3.64. The molecule has 2 aromatic rings. The zero-order valence-electron chi connectivity index (χ0n) is 17.4. The Morgan fingerprint density at radius 3 is 2.29 bits per heavy atom. The molecule has 1 atom stereocenters. The van der Waals surface area contributed by atoms with Crippen LogP contribution < -0.4 is 5.32 Å². The molecule has 0 spiro atoms. The highest BCUT2D eigenvalue weighted by Gasteiger charge is 2.33. The number of rotatable bonds is 5. The number of benzene rings is 2. The molecule has 0 aromatic heterocycles. The Hall–Kier alpha value is -2.71. The smallest absolute Gasteiger partial charge is 0.255 e. The monoisotopic (exact) mass is 441 g/mol. The van der Waals surface area contributed by atoms with Crippen LogP contribution in [0.3, 0.4) is 0 Å². The van der Waals surface area contributed by atoms with E-state index in [-0.39, 0.29) is 23.3 Å². The van der Waals surface area contributed by atoms with Crippen molar-refractivity contribution in [1.29, 1.82) is 0 Å². The van der Waals surface area contributed by atoms with Crippen molar-refractivity contribution in [2.45, 2.75) is 30.6 Å². The summed E-state index contributed by atoms with van der Waals surface area (Å²) in [5.74, 6) is -0.804. The Balaban J connectivity index is 1.48. The van der Waals surface area contributed by atoms with Crippen LogP contribution in [0.2, 0.25) is 0 Å². The Kier molecular flexibility index (Phi) is 6.38. The molecule has 2 amide bonds. The Labute approximate surface area is 183 Å². The van der Waals surface area contributed by atoms with Crippen molar-refractivity contribution in [3.05, 3.63) is 60.2 Å². The number of sulfonamides is 1. The summed E-state index contributed by atoms with van der Waals surface area (Å²) < 4.78 is 27.3. The minimum Gasteiger partial charge on any atom is -0.339 e. The predicted octanol–water partition coefficient (Wildman–Crippen LogP) is 2.96. The number of amides is 2. The summed E-state index contributed by atoms with van der Waals surface area (Å²) in [6.45, 7) is 1.99. The molecule has 0 unspecified atom stereocenters. The molecule has 7 nitrogen and oxygen atoms in total. The van der Waals surface area contributed by atoms with Gasteiger partial charge in [0.2, 0.25) is 15.9 Å². The van der Waals surface area contributed by atoms with Crippen molar-refractivity contribution < 1.29 is 18.0 Å². The van der Waals surface area contributed by atoms with Crippen LogP contribution in [-0.4, -0.2) is 55.6 Å². The maximum absolute atomic E-state index is 13.0. The molecule has 2 fully saturated rings. The van der Waals surface area contributed by atoms with Gasteiger partial charge in [0.1, 0.15) is 0 Å². The van der Waals surface area contributed by atoms with Gasteiger partial charge in [0.05, 0.1) is 22.1 Å². The van der Waals surface area contributed by atoms with Gasteiger partial charge in [-0.25, -0.2) is 8.42 Å². The molecule has 2 heterocycles. The molecule has 2 aromatic carbocycles. The van der Waals surface area contributed by atoms with Crippen molar-refractivity contribution in [1.82, 2.24) is 9.21 Å². The van der Waals surface area contributed by atoms with Gasteiger partial charge in [-0.3, -0.25) is 9.59 Å². The Bertz CT molecular complexity index is 1050. The van der Waals surface area contributed by atoms with E-state index in [1.54, 1.807) is 59.5 Å². The number of para-hydroxylation sites is 1. The third-order valence-electron chi connectivity index (χ3n) is 5.94. The summed E-state index contributed by atoms with van der Waals surface area (Å²) in [6.07, 6.45) is 3.20. The van der Waals surface area contributed by atoms with Gasteiger partial charge in [-0.05, 0) is 49.9 Å². The molecule has 2 saturated heterocycles. The number of carbonyl (C=O) groups is 2. The van der Waals surface area contributed by atoms with E-state index in [2.05, 4.69) is 5.32 Å². The molecule has 0 radical (unpaired) electrons. The summed E-state index contributed by atoms with van der Waals surface area (Å²) in [6, 6.07) is 15.3. The minimum atomic E-state index is -3.64. The molecule has 2 aliphatic heterocycles. The van der Waals surface area contributed by atoms with Crippen LogP contribution in [-0.2, 0) is 14.8 Å². The fraction of sp³-hybridized carbons (Fsp3) is 0.391. The van der Waals surface area contributed by atoms with E-state index in [0.29, 0.717) is 30.6 Å². The number of piperidine rings is 1. The second-order valence-corrected chi connectivity index (χ2v) is 9.99. The van der Waals surface area contributed by atoms with Gasteiger partial charge in [0, 0.05) is 26.2 Å². The van der Waals surface area contributed by atoms with E-state index in [0.717, 1.165) is 25.9 Å². The van der Waals surface area contributed by atoms with Crippen LogP contribution in [0.1, 0.15) is 36.0 Å². The quantitative estimate of drug-likeness (QED) is 0.773. The van der Waals surface area contributed by atoms with E-state index in [1.165, 1.54) is 4.31 Å². The van der Waals surface area contributed by atoms with Crippen LogP contribution >= 0.6 is 0 Å². The zero-order chi connectivity index (χ0) is 21.8. The lowest BCUT2D eigenvalue weighted by Gasteiger charge is -2.31. The van der Waals surface area contributed by atoms with Crippen LogP contribution in [0.4, 0.5) is 5.69 Å². The van der Waals surface area contributed by atoms with Gasteiger partial charge in [-0.1, -0.05) is 30.3 Å². The first-order valence-electron chi connectivity index (χ1n) is 10.7. The fourth-order valence-electron chi connectivity index (χ4n) is 4.22. The Morgan fingerprint density at radius 1 is 0.871 bits per heavy atom. The van der Waals surface area contributed by atoms with E-state index >= 15 is 0 Å².